The zero-order valence-corrected chi connectivity index (χ0v) is 19.6. The second-order valence-corrected chi connectivity index (χ2v) is 6.79. The van der Waals surface area contributed by atoms with Crippen molar-refractivity contribution in [2.45, 2.75) is 39.8 Å². The van der Waals surface area contributed by atoms with E-state index in [1.807, 2.05) is 31.3 Å². The average molecular weight is 496 g/mol. The van der Waals surface area contributed by atoms with Crippen LogP contribution in [-0.4, -0.2) is 37.2 Å². The van der Waals surface area contributed by atoms with Gasteiger partial charge in [-0.1, -0.05) is 38.1 Å². The Morgan fingerprint density at radius 2 is 1.96 bits per heavy atom. The van der Waals surface area contributed by atoms with Gasteiger partial charge in [0.05, 0.1) is 11.8 Å². The van der Waals surface area contributed by atoms with Crippen molar-refractivity contribution in [1.82, 2.24) is 15.6 Å². The zero-order chi connectivity index (χ0) is 19.5. The third-order valence-corrected chi connectivity index (χ3v) is 4.42. The first-order valence-corrected chi connectivity index (χ1v) is 9.70. The molecule has 0 aliphatic rings. The van der Waals surface area contributed by atoms with Crippen molar-refractivity contribution in [3.8, 4) is 11.3 Å². The molecule has 1 unspecified atom stereocenters. The van der Waals surface area contributed by atoms with Gasteiger partial charge in [0.2, 0.25) is 0 Å². The Bertz CT molecular complexity index is 707. The van der Waals surface area contributed by atoms with Crippen LogP contribution in [-0.2, 0) is 11.3 Å². The van der Waals surface area contributed by atoms with E-state index in [9.17, 15) is 0 Å². The fourth-order valence-corrected chi connectivity index (χ4v) is 2.94. The van der Waals surface area contributed by atoms with E-state index in [2.05, 4.69) is 58.7 Å². The van der Waals surface area contributed by atoms with Crippen LogP contribution in [0.4, 0.5) is 0 Å². The Kier molecular flexibility index (Phi) is 11.7. The lowest BCUT2D eigenvalue weighted by Crippen LogP contribution is -2.38. The monoisotopic (exact) mass is 496 g/mol. The maximum atomic E-state index is 5.80. The molecule has 2 aromatic rings. The molecular formula is C22H33IN4O. The first kappa shape index (κ1) is 24.4. The number of nitrogens with zero attached hydrogens (tertiary/aromatic N) is 2. The number of aliphatic imine (C=N–C) groups is 1. The lowest BCUT2D eigenvalue weighted by Gasteiger charge is -2.21. The molecule has 28 heavy (non-hydrogen) atoms. The number of hydrogen-bond acceptors (Lipinski definition) is 3. The molecule has 6 heteroatoms. The predicted octanol–water partition coefficient (Wildman–Crippen LogP) is 4.48. The molecule has 154 valence electrons. The van der Waals surface area contributed by atoms with E-state index in [0.717, 1.165) is 36.8 Å². The molecule has 0 radical (unpaired) electrons. The predicted molar refractivity (Wildman–Crippen MR) is 128 cm³/mol. The summed E-state index contributed by atoms with van der Waals surface area (Å²) in [6, 6.07) is 14.4. The van der Waals surface area contributed by atoms with Gasteiger partial charge < -0.3 is 15.4 Å². The molecule has 2 rings (SSSR count). The van der Waals surface area contributed by atoms with Gasteiger partial charge >= 0.3 is 0 Å². The summed E-state index contributed by atoms with van der Waals surface area (Å²) in [6.45, 7) is 8.73. The van der Waals surface area contributed by atoms with Crippen LogP contribution in [0.5, 0.6) is 0 Å². The molecular weight excluding hydrogens is 463 g/mol. The molecule has 2 N–H and O–H groups in total. The summed E-state index contributed by atoms with van der Waals surface area (Å²) in [5, 5.41) is 6.75. The summed E-state index contributed by atoms with van der Waals surface area (Å²) in [5.74, 6) is 1.31. The smallest absolute Gasteiger partial charge is 0.191 e. The van der Waals surface area contributed by atoms with Crippen LogP contribution in [0, 0.1) is 5.92 Å². The van der Waals surface area contributed by atoms with Crippen LogP contribution >= 0.6 is 24.0 Å². The van der Waals surface area contributed by atoms with E-state index in [1.54, 1.807) is 7.05 Å². The number of rotatable bonds is 9. The molecule has 1 atom stereocenters. The number of aromatic nitrogens is 1. The lowest BCUT2D eigenvalue weighted by atomic mass is 10.0. The number of halogens is 1. The van der Waals surface area contributed by atoms with Crippen LogP contribution < -0.4 is 10.6 Å². The van der Waals surface area contributed by atoms with E-state index < -0.39 is 0 Å². The van der Waals surface area contributed by atoms with E-state index in [4.69, 9.17) is 4.74 Å². The summed E-state index contributed by atoms with van der Waals surface area (Å²) in [4.78, 5) is 8.73. The molecule has 0 saturated carbocycles. The number of nitrogens with one attached hydrogen (secondary N) is 2. The minimum absolute atomic E-state index is 0. The summed E-state index contributed by atoms with van der Waals surface area (Å²) < 4.78 is 5.80. The van der Waals surface area contributed by atoms with Crippen molar-refractivity contribution < 1.29 is 4.74 Å². The van der Waals surface area contributed by atoms with Gasteiger partial charge in [0.1, 0.15) is 0 Å². The highest BCUT2D eigenvalue weighted by Gasteiger charge is 2.13. The number of benzene rings is 1. The Morgan fingerprint density at radius 1 is 1.14 bits per heavy atom. The summed E-state index contributed by atoms with van der Waals surface area (Å²) >= 11 is 0. The third kappa shape index (κ3) is 8.14. The zero-order valence-electron chi connectivity index (χ0n) is 17.3. The van der Waals surface area contributed by atoms with Gasteiger partial charge in [-0.15, -0.1) is 24.0 Å². The molecule has 0 aliphatic carbocycles. The number of pyridine rings is 1. The van der Waals surface area contributed by atoms with Gasteiger partial charge in [0.15, 0.2) is 5.96 Å². The molecule has 1 aromatic carbocycles. The molecule has 0 saturated heterocycles. The second kappa shape index (κ2) is 13.5. The molecule has 1 aromatic heterocycles. The minimum atomic E-state index is 0. The highest BCUT2D eigenvalue weighted by Crippen LogP contribution is 2.17. The van der Waals surface area contributed by atoms with Gasteiger partial charge in [0, 0.05) is 38.5 Å². The number of guanidine groups is 1. The van der Waals surface area contributed by atoms with E-state index >= 15 is 0 Å². The molecule has 5 nitrogen and oxygen atoms in total. The SMILES string of the molecule is CCOC(CCNC(=NC)NCc1cccc(-c2ccccn2)c1)C(C)C.I. The normalized spacial score (nSPS) is 12.4. The summed E-state index contributed by atoms with van der Waals surface area (Å²) in [7, 11) is 1.79. The minimum Gasteiger partial charge on any atom is -0.378 e. The van der Waals surface area contributed by atoms with E-state index in [0.29, 0.717) is 12.5 Å². The molecule has 0 amide bonds. The second-order valence-electron chi connectivity index (χ2n) is 6.79. The van der Waals surface area contributed by atoms with Crippen molar-refractivity contribution in [1.29, 1.82) is 0 Å². The standard InChI is InChI=1S/C22H32N4O.HI/c1-5-27-21(17(2)3)12-14-25-22(23-4)26-16-18-9-8-10-19(15-18)20-11-6-7-13-24-20;/h6-11,13,15,17,21H,5,12,14,16H2,1-4H3,(H2,23,25,26);1H. The van der Waals surface area contributed by atoms with Gasteiger partial charge in [-0.3, -0.25) is 9.98 Å². The Labute approximate surface area is 186 Å². The van der Waals surface area contributed by atoms with Gasteiger partial charge in [0.25, 0.3) is 0 Å². The number of ether oxygens (including phenoxy) is 1. The summed E-state index contributed by atoms with van der Waals surface area (Å²) in [5.41, 5.74) is 3.29. The maximum Gasteiger partial charge on any atom is 0.191 e. The van der Waals surface area contributed by atoms with Crippen molar-refractivity contribution >= 4 is 29.9 Å². The van der Waals surface area contributed by atoms with Crippen LogP contribution in [0.1, 0.15) is 32.8 Å². The van der Waals surface area contributed by atoms with Crippen molar-refractivity contribution in [2.24, 2.45) is 10.9 Å². The fourth-order valence-electron chi connectivity index (χ4n) is 2.94. The molecule has 0 aliphatic heterocycles. The lowest BCUT2D eigenvalue weighted by molar-refractivity contribution is 0.0258. The molecule has 1 heterocycles. The van der Waals surface area contributed by atoms with Crippen molar-refractivity contribution in [2.75, 3.05) is 20.2 Å². The van der Waals surface area contributed by atoms with Crippen molar-refractivity contribution in [3.63, 3.8) is 0 Å². The third-order valence-electron chi connectivity index (χ3n) is 4.42. The summed E-state index contributed by atoms with van der Waals surface area (Å²) in [6.07, 6.45) is 3.05. The average Bonchev–Trinajstić information content (AvgIpc) is 2.70. The first-order chi connectivity index (χ1) is 13.1. The van der Waals surface area contributed by atoms with E-state index in [1.165, 1.54) is 5.56 Å². The van der Waals surface area contributed by atoms with Crippen LogP contribution in [0.15, 0.2) is 53.7 Å². The Hall–Kier alpha value is -1.67. The molecule has 0 spiro atoms. The Balaban J connectivity index is 0.00000392. The van der Waals surface area contributed by atoms with Crippen LogP contribution in [0.25, 0.3) is 11.3 Å². The maximum absolute atomic E-state index is 5.80. The largest absolute Gasteiger partial charge is 0.378 e. The van der Waals surface area contributed by atoms with Crippen LogP contribution in [0.3, 0.4) is 0 Å². The topological polar surface area (TPSA) is 58.5 Å². The number of hydrogen-bond donors (Lipinski definition) is 2. The highest BCUT2D eigenvalue weighted by molar-refractivity contribution is 14.0. The molecule has 0 fully saturated rings. The van der Waals surface area contributed by atoms with Gasteiger partial charge in [-0.2, -0.15) is 0 Å². The van der Waals surface area contributed by atoms with Crippen molar-refractivity contribution in [3.05, 3.63) is 54.2 Å². The highest BCUT2D eigenvalue weighted by atomic mass is 127. The molecule has 0 bridgehead atoms. The fraction of sp³-hybridized carbons (Fsp3) is 0.455. The van der Waals surface area contributed by atoms with E-state index in [-0.39, 0.29) is 30.1 Å². The van der Waals surface area contributed by atoms with Crippen LogP contribution in [0.2, 0.25) is 0 Å². The first-order valence-electron chi connectivity index (χ1n) is 9.70. The Morgan fingerprint density at radius 3 is 2.61 bits per heavy atom. The quantitative estimate of drug-likeness (QED) is 0.305. The van der Waals surface area contributed by atoms with Gasteiger partial charge in [-0.25, -0.2) is 0 Å². The van der Waals surface area contributed by atoms with Gasteiger partial charge in [-0.05, 0) is 43.0 Å².